The van der Waals surface area contributed by atoms with Crippen LogP contribution >= 0.6 is 34.9 Å². The second-order valence-electron chi connectivity index (χ2n) is 3.51. The Balaban J connectivity index is 2.03. The molecular formula is C11H12N4OS3. The molecule has 2 rings (SSSR count). The van der Waals surface area contributed by atoms with Gasteiger partial charge < -0.3 is 10.9 Å². The van der Waals surface area contributed by atoms with Crippen molar-refractivity contribution >= 4 is 40.7 Å². The summed E-state index contributed by atoms with van der Waals surface area (Å²) in [6, 6.07) is 7.59. The number of amidine groups is 1. The number of hydrogen-bond donors (Lipinski definition) is 2. The largest absolute Gasteiger partial charge is 0.409 e. The first-order valence-corrected chi connectivity index (χ1v) is 8.32. The van der Waals surface area contributed by atoms with Gasteiger partial charge in [-0.3, -0.25) is 0 Å². The predicted molar refractivity (Wildman–Crippen MR) is 80.2 cm³/mol. The van der Waals surface area contributed by atoms with Gasteiger partial charge in [-0.25, -0.2) is 0 Å². The summed E-state index contributed by atoms with van der Waals surface area (Å²) in [4.78, 5) is 0. The molecule has 0 saturated heterocycles. The van der Waals surface area contributed by atoms with Crippen LogP contribution in [0.2, 0.25) is 0 Å². The van der Waals surface area contributed by atoms with Crippen LogP contribution in [0.4, 0.5) is 0 Å². The fraction of sp³-hybridized carbons (Fsp3) is 0.182. The Hall–Kier alpha value is -1.25. The smallest absolute Gasteiger partial charge is 0.175 e. The van der Waals surface area contributed by atoms with Gasteiger partial charge in [0.1, 0.15) is 0 Å². The lowest BCUT2D eigenvalue weighted by Crippen LogP contribution is -2.13. The Bertz CT molecular complexity index is 585. The minimum absolute atomic E-state index is 0.118. The van der Waals surface area contributed by atoms with Gasteiger partial charge in [-0.1, -0.05) is 58.2 Å². The van der Waals surface area contributed by atoms with Crippen molar-refractivity contribution < 1.29 is 5.21 Å². The van der Waals surface area contributed by atoms with Gasteiger partial charge in [0.2, 0.25) is 0 Å². The highest BCUT2D eigenvalue weighted by Crippen LogP contribution is 2.29. The summed E-state index contributed by atoms with van der Waals surface area (Å²) in [6.45, 7) is 0. The Labute approximate surface area is 123 Å². The molecule has 0 radical (unpaired) electrons. The molecule has 0 aliphatic carbocycles. The average Bonchev–Trinajstić information content (AvgIpc) is 2.92. The first-order valence-electron chi connectivity index (χ1n) is 5.30. The fourth-order valence-electron chi connectivity index (χ4n) is 1.36. The molecule has 0 unspecified atom stereocenters. The molecule has 0 spiro atoms. The van der Waals surface area contributed by atoms with E-state index in [2.05, 4.69) is 15.4 Å². The highest BCUT2D eigenvalue weighted by atomic mass is 32.2. The van der Waals surface area contributed by atoms with E-state index in [1.54, 1.807) is 40.9 Å². The standard InChI is InChI=1S/C11H12N4OS3/c1-17-10-13-14-11(19-10)18-6-7-3-2-4-8(5-7)9(12)15-16/h2-5,16H,6H2,1H3,(H2,12,15). The summed E-state index contributed by atoms with van der Waals surface area (Å²) < 4.78 is 1.91. The van der Waals surface area contributed by atoms with Crippen LogP contribution in [-0.4, -0.2) is 27.5 Å². The lowest BCUT2D eigenvalue weighted by Gasteiger charge is -2.02. The van der Waals surface area contributed by atoms with Gasteiger partial charge in [0, 0.05) is 11.3 Å². The van der Waals surface area contributed by atoms with Crippen LogP contribution in [0.5, 0.6) is 0 Å². The van der Waals surface area contributed by atoms with Gasteiger partial charge in [-0.05, 0) is 17.9 Å². The highest BCUT2D eigenvalue weighted by molar-refractivity contribution is 8.02. The first kappa shape index (κ1) is 14.2. The minimum Gasteiger partial charge on any atom is -0.409 e. The molecule has 0 bridgehead atoms. The van der Waals surface area contributed by atoms with Gasteiger partial charge in [-0.15, -0.1) is 10.2 Å². The number of rotatable bonds is 5. The third-order valence-corrected chi connectivity index (χ3v) is 5.36. The second kappa shape index (κ2) is 6.78. The zero-order valence-corrected chi connectivity index (χ0v) is 12.6. The highest BCUT2D eigenvalue weighted by Gasteiger charge is 2.05. The van der Waals surface area contributed by atoms with Gasteiger partial charge in [0.05, 0.1) is 0 Å². The zero-order chi connectivity index (χ0) is 13.7. The topological polar surface area (TPSA) is 84.4 Å². The third kappa shape index (κ3) is 3.85. The molecular weight excluding hydrogens is 300 g/mol. The van der Waals surface area contributed by atoms with Gasteiger partial charge in [-0.2, -0.15) is 0 Å². The predicted octanol–water partition coefficient (Wildman–Crippen LogP) is 2.65. The first-order chi connectivity index (χ1) is 9.22. The molecule has 1 heterocycles. The van der Waals surface area contributed by atoms with Crippen LogP contribution in [-0.2, 0) is 5.75 Å². The summed E-state index contributed by atoms with van der Waals surface area (Å²) in [6.07, 6.45) is 1.98. The van der Waals surface area contributed by atoms with E-state index in [0.717, 1.165) is 20.0 Å². The van der Waals surface area contributed by atoms with Crippen LogP contribution in [0.1, 0.15) is 11.1 Å². The number of aromatic nitrogens is 2. The van der Waals surface area contributed by atoms with E-state index >= 15 is 0 Å². The zero-order valence-electron chi connectivity index (χ0n) is 10.1. The number of thioether (sulfide) groups is 2. The summed E-state index contributed by atoms with van der Waals surface area (Å²) in [7, 11) is 0. The minimum atomic E-state index is 0.118. The maximum atomic E-state index is 8.66. The molecule has 1 aromatic heterocycles. The maximum Gasteiger partial charge on any atom is 0.175 e. The lowest BCUT2D eigenvalue weighted by molar-refractivity contribution is 0.318. The number of benzene rings is 1. The van der Waals surface area contributed by atoms with Gasteiger partial charge >= 0.3 is 0 Å². The van der Waals surface area contributed by atoms with E-state index in [1.807, 2.05) is 24.5 Å². The molecule has 0 aliphatic rings. The van der Waals surface area contributed by atoms with E-state index in [0.29, 0.717) is 5.56 Å². The number of hydrogen-bond acceptors (Lipinski definition) is 7. The molecule has 5 nitrogen and oxygen atoms in total. The maximum absolute atomic E-state index is 8.66. The Morgan fingerprint density at radius 2 is 2.21 bits per heavy atom. The van der Waals surface area contributed by atoms with Crippen molar-refractivity contribution in [3.8, 4) is 0 Å². The summed E-state index contributed by atoms with van der Waals surface area (Å²) in [5.41, 5.74) is 7.37. The van der Waals surface area contributed by atoms with Crippen molar-refractivity contribution in [1.29, 1.82) is 0 Å². The van der Waals surface area contributed by atoms with Crippen molar-refractivity contribution in [3.63, 3.8) is 0 Å². The van der Waals surface area contributed by atoms with Gasteiger partial charge in [0.15, 0.2) is 14.5 Å². The van der Waals surface area contributed by atoms with Crippen LogP contribution in [0, 0.1) is 0 Å². The number of nitrogens with zero attached hydrogens (tertiary/aromatic N) is 3. The monoisotopic (exact) mass is 312 g/mol. The van der Waals surface area contributed by atoms with Gasteiger partial charge in [0.25, 0.3) is 0 Å². The SMILES string of the molecule is CSc1nnc(SCc2cccc(/C(N)=N/O)c2)s1. The molecule has 0 amide bonds. The van der Waals surface area contributed by atoms with Crippen molar-refractivity contribution in [3.05, 3.63) is 35.4 Å². The van der Waals surface area contributed by atoms with Crippen LogP contribution in [0.25, 0.3) is 0 Å². The molecule has 0 fully saturated rings. The molecule has 3 N–H and O–H groups in total. The quantitative estimate of drug-likeness (QED) is 0.290. The van der Waals surface area contributed by atoms with Crippen LogP contribution in [0.3, 0.4) is 0 Å². The van der Waals surface area contributed by atoms with Crippen LogP contribution < -0.4 is 5.73 Å². The number of oxime groups is 1. The van der Waals surface area contributed by atoms with Crippen LogP contribution in [0.15, 0.2) is 38.1 Å². The lowest BCUT2D eigenvalue weighted by atomic mass is 10.1. The average molecular weight is 312 g/mol. The van der Waals surface area contributed by atoms with Crippen molar-refractivity contribution in [2.24, 2.45) is 10.9 Å². The fourth-order valence-corrected chi connectivity index (χ4v) is 3.74. The van der Waals surface area contributed by atoms with E-state index in [1.165, 1.54) is 0 Å². The molecule has 19 heavy (non-hydrogen) atoms. The van der Waals surface area contributed by atoms with Crippen molar-refractivity contribution in [2.45, 2.75) is 14.4 Å². The molecule has 0 aliphatic heterocycles. The van der Waals surface area contributed by atoms with E-state index in [-0.39, 0.29) is 5.84 Å². The Kier molecular flexibility index (Phi) is 5.06. The third-order valence-electron chi connectivity index (χ3n) is 2.26. The second-order valence-corrected chi connectivity index (χ2v) is 6.77. The van der Waals surface area contributed by atoms with E-state index in [9.17, 15) is 0 Å². The molecule has 0 saturated carbocycles. The van der Waals surface area contributed by atoms with Crippen molar-refractivity contribution in [2.75, 3.05) is 6.26 Å². The number of nitrogens with two attached hydrogens (primary N) is 1. The van der Waals surface area contributed by atoms with E-state index < -0.39 is 0 Å². The summed E-state index contributed by atoms with van der Waals surface area (Å²) in [5, 5.41) is 19.8. The van der Waals surface area contributed by atoms with Crippen molar-refractivity contribution in [1.82, 2.24) is 10.2 Å². The Morgan fingerprint density at radius 3 is 2.89 bits per heavy atom. The molecule has 2 aromatic rings. The molecule has 0 atom stereocenters. The Morgan fingerprint density at radius 1 is 1.42 bits per heavy atom. The normalized spacial score (nSPS) is 11.7. The summed E-state index contributed by atoms with van der Waals surface area (Å²) in [5.74, 6) is 0.891. The van der Waals surface area contributed by atoms with E-state index in [4.69, 9.17) is 10.9 Å². The molecule has 100 valence electrons. The molecule has 8 heteroatoms. The molecule has 1 aromatic carbocycles. The summed E-state index contributed by atoms with van der Waals surface area (Å²) >= 11 is 4.80.